The molecular weight excluding hydrogens is 395 g/mol. The monoisotopic (exact) mass is 428 g/mol. The molecule has 9 heteroatoms. The Bertz CT molecular complexity index is 775. The van der Waals surface area contributed by atoms with Crippen LogP contribution in [0.25, 0.3) is 0 Å². The number of nitrogens with two attached hydrogens (primary N) is 1. The van der Waals surface area contributed by atoms with Crippen LogP contribution in [0.4, 0.5) is 0 Å². The van der Waals surface area contributed by atoms with Crippen molar-refractivity contribution in [2.24, 2.45) is 10.8 Å². The fraction of sp³-hybridized carbons (Fsp3) is 0.591. The number of hydrogen-bond donors (Lipinski definition) is 3. The van der Waals surface area contributed by atoms with E-state index in [2.05, 4.69) is 21.9 Å². The molecule has 8 nitrogen and oxygen atoms in total. The molecule has 1 aromatic rings. The molecule has 4 rings (SSSR count). The number of piperidine rings is 1. The summed E-state index contributed by atoms with van der Waals surface area (Å²) >= 11 is 0. The van der Waals surface area contributed by atoms with E-state index >= 15 is 0 Å². The molecule has 2 aliphatic heterocycles. The number of para-hydroxylation sites is 1. The Morgan fingerprint density at radius 3 is 2.55 bits per heavy atom. The van der Waals surface area contributed by atoms with Gasteiger partial charge in [0.1, 0.15) is 5.75 Å². The smallest absolute Gasteiger partial charge is 0.536 e. The van der Waals surface area contributed by atoms with Crippen LogP contribution < -0.4 is 15.7 Å². The predicted octanol–water partition coefficient (Wildman–Crippen LogP) is 2.96. The SMILES string of the molecule is C1CCC1.C=C(CCN1CCC(N)CC1)NC1Cc2cccc(C(=O)O)c2OB1N=O. The number of hydrogen-bond acceptors (Lipinski definition) is 7. The number of aromatic carboxylic acids is 1. The molecule has 3 aliphatic rings. The van der Waals surface area contributed by atoms with Gasteiger partial charge in [0.05, 0.1) is 11.5 Å². The molecule has 1 saturated carbocycles. The number of fused-ring (bicyclic) bond motifs is 1. The molecule has 0 aromatic heterocycles. The molecule has 31 heavy (non-hydrogen) atoms. The van der Waals surface area contributed by atoms with Crippen molar-refractivity contribution in [2.45, 2.75) is 63.3 Å². The summed E-state index contributed by atoms with van der Waals surface area (Å²) in [7, 11) is -0.997. The van der Waals surface area contributed by atoms with Crippen molar-refractivity contribution >= 4 is 13.0 Å². The summed E-state index contributed by atoms with van der Waals surface area (Å²) in [5.74, 6) is -1.24. The third-order valence-electron chi connectivity index (χ3n) is 6.21. The van der Waals surface area contributed by atoms with E-state index in [1.165, 1.54) is 31.7 Å². The Morgan fingerprint density at radius 2 is 1.97 bits per heavy atom. The first-order chi connectivity index (χ1) is 15.0. The second-order valence-electron chi connectivity index (χ2n) is 8.61. The summed E-state index contributed by atoms with van der Waals surface area (Å²) in [5.41, 5.74) is 7.52. The van der Waals surface area contributed by atoms with Gasteiger partial charge in [-0.25, -0.2) is 4.79 Å². The van der Waals surface area contributed by atoms with Crippen LogP contribution in [0.2, 0.25) is 0 Å². The van der Waals surface area contributed by atoms with E-state index in [9.17, 15) is 14.8 Å². The van der Waals surface area contributed by atoms with Crippen LogP contribution >= 0.6 is 0 Å². The Hall–Kier alpha value is -2.39. The van der Waals surface area contributed by atoms with E-state index in [-0.39, 0.29) is 17.3 Å². The van der Waals surface area contributed by atoms with Gasteiger partial charge in [0, 0.05) is 18.3 Å². The molecule has 1 aliphatic carbocycles. The minimum Gasteiger partial charge on any atom is -0.536 e. The van der Waals surface area contributed by atoms with Crippen molar-refractivity contribution in [2.75, 3.05) is 19.6 Å². The summed E-state index contributed by atoms with van der Waals surface area (Å²) in [5, 5.41) is 15.6. The van der Waals surface area contributed by atoms with Crippen molar-refractivity contribution in [1.82, 2.24) is 10.2 Å². The number of nitroso groups, excluding NO2 is 1. The minimum absolute atomic E-state index is 0.0433. The molecule has 4 N–H and O–H groups in total. The number of carboxylic acid groups (broad SMARTS) is 1. The van der Waals surface area contributed by atoms with Crippen LogP contribution in [0, 0.1) is 4.91 Å². The van der Waals surface area contributed by atoms with Gasteiger partial charge in [-0.05, 0) is 50.4 Å². The lowest BCUT2D eigenvalue weighted by atomic mass is 9.68. The number of benzene rings is 1. The predicted molar refractivity (Wildman–Crippen MR) is 122 cm³/mol. The molecule has 2 heterocycles. The first-order valence-electron chi connectivity index (χ1n) is 11.2. The number of likely N-dealkylation sites (tertiary alicyclic amines) is 1. The van der Waals surface area contributed by atoms with Crippen molar-refractivity contribution in [1.29, 1.82) is 0 Å². The minimum atomic E-state index is -1.09. The molecule has 2 fully saturated rings. The zero-order chi connectivity index (χ0) is 22.2. The quantitative estimate of drug-likeness (QED) is 0.452. The number of nitrogens with one attached hydrogen (secondary N) is 1. The topological polar surface area (TPSA) is 117 Å². The molecule has 0 radical (unpaired) electrons. The molecular formula is C22H33BN4O4. The molecule has 1 aromatic carbocycles. The van der Waals surface area contributed by atoms with Gasteiger partial charge in [-0.2, -0.15) is 4.91 Å². The number of rotatable bonds is 7. The lowest BCUT2D eigenvalue weighted by Crippen LogP contribution is -2.50. The average molecular weight is 428 g/mol. The molecule has 1 atom stereocenters. The molecule has 1 saturated heterocycles. The second-order valence-corrected chi connectivity index (χ2v) is 8.61. The summed E-state index contributed by atoms with van der Waals surface area (Å²) in [6, 6.07) is 5.24. The first-order valence-corrected chi connectivity index (χ1v) is 11.2. The maximum absolute atomic E-state index is 11.4. The maximum Gasteiger partial charge on any atom is 0.570 e. The molecule has 168 valence electrons. The van der Waals surface area contributed by atoms with Crippen molar-refractivity contribution in [3.8, 4) is 5.75 Å². The van der Waals surface area contributed by atoms with Crippen molar-refractivity contribution in [3.63, 3.8) is 0 Å². The highest BCUT2D eigenvalue weighted by molar-refractivity contribution is 6.53. The fourth-order valence-electron chi connectivity index (χ4n) is 3.87. The Morgan fingerprint density at radius 1 is 1.29 bits per heavy atom. The molecule has 1 unspecified atom stereocenters. The van der Waals surface area contributed by atoms with Crippen LogP contribution in [0.15, 0.2) is 35.6 Å². The Balaban J connectivity index is 0.000000610. The number of carboxylic acids is 1. The lowest BCUT2D eigenvalue weighted by Gasteiger charge is -2.32. The molecule has 0 amide bonds. The largest absolute Gasteiger partial charge is 0.570 e. The second kappa shape index (κ2) is 11.3. The van der Waals surface area contributed by atoms with Gasteiger partial charge in [0.15, 0.2) is 0 Å². The third kappa shape index (κ3) is 6.55. The summed E-state index contributed by atoms with van der Waals surface area (Å²) < 4.78 is 5.61. The third-order valence-corrected chi connectivity index (χ3v) is 6.21. The van der Waals surface area contributed by atoms with Crippen LogP contribution in [0.5, 0.6) is 5.75 Å². The zero-order valence-electron chi connectivity index (χ0n) is 18.1. The van der Waals surface area contributed by atoms with E-state index in [1.54, 1.807) is 12.1 Å². The van der Waals surface area contributed by atoms with E-state index in [0.717, 1.165) is 50.2 Å². The highest BCUT2D eigenvalue weighted by atomic mass is 16.5. The normalized spacial score (nSPS) is 20.9. The van der Waals surface area contributed by atoms with Crippen molar-refractivity contribution < 1.29 is 14.6 Å². The molecule has 0 spiro atoms. The lowest BCUT2D eigenvalue weighted by molar-refractivity contribution is 0.0694. The van der Waals surface area contributed by atoms with Gasteiger partial charge in [-0.15, -0.1) is 0 Å². The highest BCUT2D eigenvalue weighted by Crippen LogP contribution is 2.31. The van der Waals surface area contributed by atoms with Gasteiger partial charge < -0.3 is 25.7 Å². The molecule has 0 bridgehead atoms. The van der Waals surface area contributed by atoms with Crippen LogP contribution in [-0.2, 0) is 6.42 Å². The van der Waals surface area contributed by atoms with E-state index in [0.29, 0.717) is 12.5 Å². The van der Waals surface area contributed by atoms with E-state index < -0.39 is 13.0 Å². The average Bonchev–Trinajstić information content (AvgIpc) is 2.71. The van der Waals surface area contributed by atoms with Crippen molar-refractivity contribution in [3.05, 3.63) is 46.5 Å². The Kier molecular flexibility index (Phi) is 8.48. The number of carbonyl (C=O) groups is 1. The van der Waals surface area contributed by atoms with Gasteiger partial charge in [-0.3, -0.25) is 0 Å². The van der Waals surface area contributed by atoms with Gasteiger partial charge in [0.25, 0.3) is 0 Å². The van der Waals surface area contributed by atoms with E-state index in [4.69, 9.17) is 10.4 Å². The zero-order valence-corrected chi connectivity index (χ0v) is 18.1. The Labute approximate surface area is 184 Å². The van der Waals surface area contributed by atoms with Crippen LogP contribution in [0.1, 0.15) is 60.9 Å². The number of nitrogens with zero attached hydrogens (tertiary/aromatic N) is 2. The van der Waals surface area contributed by atoms with Gasteiger partial charge in [0.2, 0.25) is 0 Å². The first kappa shape index (κ1) is 23.3. The van der Waals surface area contributed by atoms with Gasteiger partial charge in [-0.1, -0.05) is 49.5 Å². The van der Waals surface area contributed by atoms with Crippen LogP contribution in [-0.4, -0.2) is 54.6 Å². The highest BCUT2D eigenvalue weighted by Gasteiger charge is 2.39. The summed E-state index contributed by atoms with van der Waals surface area (Å²) in [4.78, 5) is 25.0. The van der Waals surface area contributed by atoms with E-state index in [1.807, 2.05) is 0 Å². The summed E-state index contributed by atoms with van der Waals surface area (Å²) in [6.45, 7) is 6.92. The fourth-order valence-corrected chi connectivity index (χ4v) is 3.87. The maximum atomic E-state index is 11.4. The van der Waals surface area contributed by atoms with Crippen LogP contribution in [0.3, 0.4) is 0 Å². The van der Waals surface area contributed by atoms with Gasteiger partial charge >= 0.3 is 13.0 Å². The summed E-state index contributed by atoms with van der Waals surface area (Å²) in [6.07, 6.45) is 9.22. The standard InChI is InChI=1S/C18H25BN4O4.C4H8/c1-12(5-8-23-9-6-14(20)7-10-23)21-16-11-13-3-2-4-15(18(24)25)17(13)27-19(16)22-26;1-2-4-3-1/h2-4,14,16,21H,1,5-11,20H2,(H,24,25);1-4H2.